The number of allylic oxidation sites excluding steroid dienone is 1. The van der Waals surface area contributed by atoms with Gasteiger partial charge in [0.1, 0.15) is 5.82 Å². The molecule has 1 amide bonds. The Balaban J connectivity index is 1.60. The highest BCUT2D eigenvalue weighted by molar-refractivity contribution is 6.38. The van der Waals surface area contributed by atoms with Crippen LogP contribution in [0.15, 0.2) is 17.7 Å². The molecule has 1 aromatic carbocycles. The number of hydrogen-bond acceptors (Lipinski definition) is 4. The summed E-state index contributed by atoms with van der Waals surface area (Å²) in [5, 5.41) is 19.4. The zero-order valence-electron chi connectivity index (χ0n) is 18.9. The molecular weight excluding hydrogens is 459 g/mol. The van der Waals surface area contributed by atoms with Gasteiger partial charge in [0.2, 0.25) is 0 Å². The molecule has 1 fully saturated rings. The summed E-state index contributed by atoms with van der Waals surface area (Å²) in [7, 11) is 1.93. The molecule has 1 aromatic heterocycles. The van der Waals surface area contributed by atoms with E-state index in [9.17, 15) is 10.1 Å². The van der Waals surface area contributed by atoms with Crippen molar-refractivity contribution < 1.29 is 9.90 Å². The number of rotatable bonds is 5. The Bertz CT molecular complexity index is 1140. The summed E-state index contributed by atoms with van der Waals surface area (Å²) in [5.74, 6) is 1.32. The van der Waals surface area contributed by atoms with Crippen LogP contribution in [-0.4, -0.2) is 45.2 Å². The second-order valence-electron chi connectivity index (χ2n) is 9.06. The molecule has 0 saturated carbocycles. The van der Waals surface area contributed by atoms with Crippen molar-refractivity contribution in [3.63, 3.8) is 0 Å². The van der Waals surface area contributed by atoms with Crippen LogP contribution in [0, 0.1) is 17.2 Å². The fourth-order valence-electron chi connectivity index (χ4n) is 4.86. The number of piperidine rings is 1. The predicted molar refractivity (Wildman–Crippen MR) is 129 cm³/mol. The molecule has 0 spiro atoms. The fourth-order valence-corrected chi connectivity index (χ4v) is 5.45. The average Bonchev–Trinajstić information content (AvgIpc) is 3.13. The van der Waals surface area contributed by atoms with Gasteiger partial charge in [0.05, 0.1) is 28.0 Å². The van der Waals surface area contributed by atoms with Crippen LogP contribution in [0.4, 0.5) is 0 Å². The standard InChI is InChI=1S/C25H28Cl2N4O2/c1-15-11-17(14-28)12-21-24(15)29-22(30(21)2)13-19-20(26)4-3-18(23(19)27)25(33)31-8-5-16(6-9-31)7-10-32/h3-4,12,15-16,32H,5-11,13H2,1-2H3. The van der Waals surface area contributed by atoms with Crippen molar-refractivity contribution in [1.82, 2.24) is 14.5 Å². The summed E-state index contributed by atoms with van der Waals surface area (Å²) in [5.41, 5.74) is 3.79. The average molecular weight is 487 g/mol. The number of imidazole rings is 1. The molecule has 1 N–H and O–H groups in total. The van der Waals surface area contributed by atoms with E-state index in [4.69, 9.17) is 33.3 Å². The van der Waals surface area contributed by atoms with E-state index in [1.165, 1.54) is 0 Å². The Morgan fingerprint density at radius 2 is 2.03 bits per heavy atom. The first kappa shape index (κ1) is 23.8. The highest BCUT2D eigenvalue weighted by Crippen LogP contribution is 2.36. The van der Waals surface area contributed by atoms with Crippen molar-refractivity contribution in [2.45, 2.75) is 44.9 Å². The largest absolute Gasteiger partial charge is 0.396 e. The summed E-state index contributed by atoms with van der Waals surface area (Å²) in [6, 6.07) is 5.69. The van der Waals surface area contributed by atoms with E-state index in [-0.39, 0.29) is 18.4 Å². The quantitative estimate of drug-likeness (QED) is 0.646. The summed E-state index contributed by atoms with van der Waals surface area (Å²) in [6.45, 7) is 3.58. The molecule has 2 aliphatic rings. The third kappa shape index (κ3) is 4.68. The third-order valence-corrected chi connectivity index (χ3v) is 7.68. The number of aliphatic hydroxyl groups excluding tert-OH is 1. The van der Waals surface area contributed by atoms with Gasteiger partial charge in [0.25, 0.3) is 5.91 Å². The lowest BCUT2D eigenvalue weighted by atomic mass is 9.91. The maximum Gasteiger partial charge on any atom is 0.255 e. The number of aromatic nitrogens is 2. The van der Waals surface area contributed by atoms with Crippen LogP contribution in [-0.2, 0) is 13.5 Å². The lowest BCUT2D eigenvalue weighted by Gasteiger charge is -2.32. The molecule has 1 aliphatic heterocycles. The second-order valence-corrected chi connectivity index (χ2v) is 9.84. The molecule has 1 saturated heterocycles. The van der Waals surface area contributed by atoms with Crippen LogP contribution in [0.25, 0.3) is 6.08 Å². The molecule has 174 valence electrons. The lowest BCUT2D eigenvalue weighted by molar-refractivity contribution is 0.0678. The maximum atomic E-state index is 13.2. The number of hydrogen-bond donors (Lipinski definition) is 1. The van der Waals surface area contributed by atoms with Crippen LogP contribution in [0.5, 0.6) is 0 Å². The Labute approximate surface area is 204 Å². The Kier molecular flexibility index (Phi) is 7.13. The molecule has 8 heteroatoms. The van der Waals surface area contributed by atoms with Gasteiger partial charge in [-0.25, -0.2) is 4.98 Å². The van der Waals surface area contributed by atoms with E-state index in [0.717, 1.165) is 42.0 Å². The first-order valence-electron chi connectivity index (χ1n) is 11.4. The van der Waals surface area contributed by atoms with E-state index in [0.29, 0.717) is 53.0 Å². The zero-order valence-corrected chi connectivity index (χ0v) is 20.5. The molecule has 33 heavy (non-hydrogen) atoms. The molecule has 2 aromatic rings. The number of likely N-dealkylation sites (tertiary alicyclic amines) is 1. The van der Waals surface area contributed by atoms with Crippen molar-refractivity contribution in [2.75, 3.05) is 19.7 Å². The van der Waals surface area contributed by atoms with Gasteiger partial charge in [0.15, 0.2) is 0 Å². The smallest absolute Gasteiger partial charge is 0.255 e. The molecule has 6 nitrogen and oxygen atoms in total. The minimum atomic E-state index is -0.0882. The molecule has 1 aliphatic carbocycles. The molecule has 1 atom stereocenters. The number of nitrogens with zero attached hydrogens (tertiary/aromatic N) is 4. The number of halogens is 2. The van der Waals surface area contributed by atoms with Gasteiger partial charge in [-0.3, -0.25) is 4.79 Å². The van der Waals surface area contributed by atoms with E-state index >= 15 is 0 Å². The molecular formula is C25H28Cl2N4O2. The minimum Gasteiger partial charge on any atom is -0.396 e. The van der Waals surface area contributed by atoms with Crippen molar-refractivity contribution in [2.24, 2.45) is 13.0 Å². The normalized spacial score (nSPS) is 18.6. The van der Waals surface area contributed by atoms with Gasteiger partial charge >= 0.3 is 0 Å². The predicted octanol–water partition coefficient (Wildman–Crippen LogP) is 4.97. The molecule has 4 rings (SSSR count). The summed E-state index contributed by atoms with van der Waals surface area (Å²) >= 11 is 13.3. The van der Waals surface area contributed by atoms with Crippen LogP contribution in [0.1, 0.15) is 71.7 Å². The SMILES string of the molecule is CC1CC(C#N)=Cc2c1nc(Cc1c(Cl)ccc(C(=O)N3CCC(CCO)CC3)c1Cl)n2C. The molecule has 1 unspecified atom stereocenters. The molecule has 0 radical (unpaired) electrons. The topological polar surface area (TPSA) is 82.2 Å². The van der Waals surface area contributed by atoms with Crippen molar-refractivity contribution >= 4 is 35.2 Å². The van der Waals surface area contributed by atoms with Crippen molar-refractivity contribution in [1.29, 1.82) is 5.26 Å². The van der Waals surface area contributed by atoms with E-state index in [2.05, 4.69) is 13.0 Å². The van der Waals surface area contributed by atoms with E-state index in [1.807, 2.05) is 22.6 Å². The molecule has 0 bridgehead atoms. The van der Waals surface area contributed by atoms with Gasteiger partial charge < -0.3 is 14.6 Å². The van der Waals surface area contributed by atoms with Gasteiger partial charge in [-0.05, 0) is 55.4 Å². The minimum absolute atomic E-state index is 0.0882. The number of fused-ring (bicyclic) bond motifs is 1. The van der Waals surface area contributed by atoms with Crippen molar-refractivity contribution in [3.05, 3.63) is 56.1 Å². The second kappa shape index (κ2) is 9.89. The maximum absolute atomic E-state index is 13.2. The Hall–Kier alpha value is -2.33. The van der Waals surface area contributed by atoms with Crippen LogP contribution in [0.2, 0.25) is 10.0 Å². The van der Waals surface area contributed by atoms with Crippen molar-refractivity contribution in [3.8, 4) is 6.07 Å². The first-order chi connectivity index (χ1) is 15.8. The Morgan fingerprint density at radius 3 is 2.70 bits per heavy atom. The van der Waals surface area contributed by atoms with Crippen LogP contribution < -0.4 is 0 Å². The summed E-state index contributed by atoms with van der Waals surface area (Å²) < 4.78 is 1.98. The van der Waals surface area contributed by atoms with Gasteiger partial charge in [0, 0.05) is 49.7 Å². The summed E-state index contributed by atoms with van der Waals surface area (Å²) in [4.78, 5) is 19.9. The van der Waals surface area contributed by atoms with Gasteiger partial charge in [-0.2, -0.15) is 5.26 Å². The highest BCUT2D eigenvalue weighted by Gasteiger charge is 2.28. The zero-order chi connectivity index (χ0) is 23.7. The fraction of sp³-hybridized carbons (Fsp3) is 0.480. The summed E-state index contributed by atoms with van der Waals surface area (Å²) in [6.07, 6.45) is 5.53. The number of aliphatic hydroxyl groups is 1. The Morgan fingerprint density at radius 1 is 1.30 bits per heavy atom. The number of carbonyl (C=O) groups is 1. The van der Waals surface area contributed by atoms with Gasteiger partial charge in [-0.15, -0.1) is 0 Å². The monoisotopic (exact) mass is 486 g/mol. The third-order valence-electron chi connectivity index (χ3n) is 6.90. The lowest BCUT2D eigenvalue weighted by Crippen LogP contribution is -2.38. The van der Waals surface area contributed by atoms with E-state index < -0.39 is 0 Å². The van der Waals surface area contributed by atoms with Gasteiger partial charge in [-0.1, -0.05) is 30.1 Å². The number of nitriles is 1. The van der Waals surface area contributed by atoms with E-state index in [1.54, 1.807) is 12.1 Å². The highest BCUT2D eigenvalue weighted by atomic mass is 35.5. The number of carbonyl (C=O) groups excluding carboxylic acids is 1. The van der Waals surface area contributed by atoms with Crippen LogP contribution in [0.3, 0.4) is 0 Å². The first-order valence-corrected chi connectivity index (χ1v) is 12.1. The molecule has 2 heterocycles. The van der Waals surface area contributed by atoms with Crippen LogP contribution >= 0.6 is 23.2 Å². The number of amides is 1. The number of benzene rings is 1.